The molecule has 3 saturated carbocycles. The molecule has 316 valence electrons. The molecule has 0 radical (unpaired) electrons. The van der Waals surface area contributed by atoms with E-state index in [0.717, 1.165) is 91.3 Å². The molecule has 6 nitrogen and oxygen atoms in total. The molecule has 5 aliphatic rings. The topological polar surface area (TPSA) is 71.1 Å². The van der Waals surface area contributed by atoms with E-state index in [1.807, 2.05) is 36.4 Å². The highest BCUT2D eigenvalue weighted by molar-refractivity contribution is 5.94. The molecule has 3 aromatic rings. The van der Waals surface area contributed by atoms with Crippen molar-refractivity contribution in [1.82, 2.24) is 0 Å². The van der Waals surface area contributed by atoms with Crippen LogP contribution in [0.5, 0.6) is 11.5 Å². The maximum Gasteiger partial charge on any atom is 0.343 e. The predicted octanol–water partition coefficient (Wildman–Crippen LogP) is 12.9. The van der Waals surface area contributed by atoms with Crippen LogP contribution in [0.3, 0.4) is 0 Å². The molecule has 0 spiro atoms. The monoisotopic (exact) mass is 801 g/mol. The van der Waals surface area contributed by atoms with Gasteiger partial charge in [0.1, 0.15) is 17.6 Å². The molecule has 8 rings (SSSR count). The first kappa shape index (κ1) is 41.8. The zero-order valence-corrected chi connectivity index (χ0v) is 36.6. The summed E-state index contributed by atoms with van der Waals surface area (Å²) in [6, 6.07) is 22.2. The van der Waals surface area contributed by atoms with Crippen LogP contribution in [0.2, 0.25) is 0 Å². The molecule has 1 heterocycles. The van der Waals surface area contributed by atoms with E-state index in [1.165, 1.54) is 56.9 Å². The van der Waals surface area contributed by atoms with Crippen molar-refractivity contribution < 1.29 is 28.5 Å². The van der Waals surface area contributed by atoms with Crippen LogP contribution in [0, 0.1) is 51.8 Å². The summed E-state index contributed by atoms with van der Waals surface area (Å²) in [5, 5.41) is 0. The Balaban J connectivity index is 0.818. The van der Waals surface area contributed by atoms with Crippen LogP contribution in [0.1, 0.15) is 139 Å². The van der Waals surface area contributed by atoms with Crippen molar-refractivity contribution in [3.8, 4) is 22.6 Å². The zero-order chi connectivity index (χ0) is 41.4. The van der Waals surface area contributed by atoms with E-state index >= 15 is 0 Å². The van der Waals surface area contributed by atoms with Crippen molar-refractivity contribution in [3.05, 3.63) is 95.6 Å². The molecule has 1 aliphatic heterocycles. The molecule has 4 aliphatic carbocycles. The Hall–Kier alpha value is -3.90. The van der Waals surface area contributed by atoms with Gasteiger partial charge in [0, 0.05) is 6.42 Å². The SMILES string of the molecule is CCC1(COc2ccc(-c3ccc(OC(=O)c4ccc(C(=O)OC5CCC6(C)C(=CCC7C6CCC6(C)C(C(C)CCCC(C)C)CCC76)C5)cc4)cc3)cc2)COC1. The first-order valence-electron chi connectivity index (χ1n) is 23.0. The second kappa shape index (κ2) is 17.2. The van der Waals surface area contributed by atoms with E-state index in [4.69, 9.17) is 18.9 Å². The van der Waals surface area contributed by atoms with Gasteiger partial charge in [-0.3, -0.25) is 0 Å². The number of carbonyl (C=O) groups excluding carboxylic acids is 2. The summed E-state index contributed by atoms with van der Waals surface area (Å²) in [5.74, 6) is 5.37. The molecule has 0 bridgehead atoms. The maximum absolute atomic E-state index is 13.4. The lowest BCUT2D eigenvalue weighted by molar-refractivity contribution is -0.133. The Morgan fingerprint density at radius 3 is 2.05 bits per heavy atom. The summed E-state index contributed by atoms with van der Waals surface area (Å²) in [6.07, 6.45) is 17.2. The Labute approximate surface area is 353 Å². The molecule has 6 heteroatoms. The summed E-state index contributed by atoms with van der Waals surface area (Å²) >= 11 is 0. The van der Waals surface area contributed by atoms with Gasteiger partial charge < -0.3 is 18.9 Å². The Morgan fingerprint density at radius 1 is 0.763 bits per heavy atom. The van der Waals surface area contributed by atoms with Crippen molar-refractivity contribution >= 4 is 11.9 Å². The van der Waals surface area contributed by atoms with Gasteiger partial charge in [-0.1, -0.05) is 96.7 Å². The lowest BCUT2D eigenvalue weighted by atomic mass is 9.47. The Morgan fingerprint density at radius 2 is 1.42 bits per heavy atom. The number of ether oxygens (including phenoxy) is 4. The lowest BCUT2D eigenvalue weighted by Gasteiger charge is -2.58. The largest absolute Gasteiger partial charge is 0.493 e. The molecule has 1 saturated heterocycles. The highest BCUT2D eigenvalue weighted by Crippen LogP contribution is 2.67. The van der Waals surface area contributed by atoms with Crippen LogP contribution in [-0.2, 0) is 9.47 Å². The second-order valence-corrected chi connectivity index (χ2v) is 20.2. The normalized spacial score (nSPS) is 29.9. The van der Waals surface area contributed by atoms with Crippen molar-refractivity contribution in [2.24, 2.45) is 51.8 Å². The number of allylic oxidation sites excluding steroid dienone is 1. The summed E-state index contributed by atoms with van der Waals surface area (Å²) in [4.78, 5) is 26.5. The maximum atomic E-state index is 13.4. The molecule has 59 heavy (non-hydrogen) atoms. The second-order valence-electron chi connectivity index (χ2n) is 20.2. The van der Waals surface area contributed by atoms with E-state index in [0.29, 0.717) is 28.9 Å². The van der Waals surface area contributed by atoms with Crippen LogP contribution in [0.15, 0.2) is 84.4 Å². The van der Waals surface area contributed by atoms with Crippen molar-refractivity contribution in [2.75, 3.05) is 19.8 Å². The number of esters is 2. The van der Waals surface area contributed by atoms with Gasteiger partial charge in [-0.05, 0) is 157 Å². The van der Waals surface area contributed by atoms with E-state index in [1.54, 1.807) is 36.4 Å². The number of carbonyl (C=O) groups is 2. The van der Waals surface area contributed by atoms with Crippen molar-refractivity contribution in [1.29, 1.82) is 0 Å². The van der Waals surface area contributed by atoms with E-state index < -0.39 is 5.97 Å². The Bertz CT molecular complexity index is 1950. The fraction of sp³-hybridized carbons (Fsp3) is 0.585. The quantitative estimate of drug-likeness (QED) is 0.0919. The molecule has 8 unspecified atom stereocenters. The molecule has 0 aromatic heterocycles. The molecule has 8 atom stereocenters. The molecular weight excluding hydrogens is 733 g/mol. The first-order valence-corrected chi connectivity index (χ1v) is 23.0. The summed E-state index contributed by atoms with van der Waals surface area (Å²) in [7, 11) is 0. The molecular formula is C53H68O6. The summed E-state index contributed by atoms with van der Waals surface area (Å²) < 4.78 is 23.3. The minimum absolute atomic E-state index is 0.116. The van der Waals surface area contributed by atoms with E-state index in [9.17, 15) is 9.59 Å². The van der Waals surface area contributed by atoms with E-state index in [2.05, 4.69) is 47.6 Å². The summed E-state index contributed by atoms with van der Waals surface area (Å²) in [6.45, 7) is 16.8. The van der Waals surface area contributed by atoms with Gasteiger partial charge in [0.15, 0.2) is 0 Å². The van der Waals surface area contributed by atoms with Crippen LogP contribution < -0.4 is 9.47 Å². The average Bonchev–Trinajstić information content (AvgIpc) is 3.58. The van der Waals surface area contributed by atoms with Gasteiger partial charge in [-0.25, -0.2) is 9.59 Å². The van der Waals surface area contributed by atoms with E-state index in [-0.39, 0.29) is 22.9 Å². The summed E-state index contributed by atoms with van der Waals surface area (Å²) in [5.41, 5.74) is 5.26. The van der Waals surface area contributed by atoms with Crippen LogP contribution in [0.4, 0.5) is 0 Å². The van der Waals surface area contributed by atoms with Crippen LogP contribution in [-0.4, -0.2) is 37.9 Å². The number of fused-ring (bicyclic) bond motifs is 5. The third kappa shape index (κ3) is 8.54. The minimum atomic E-state index is -0.470. The Kier molecular flexibility index (Phi) is 12.2. The van der Waals surface area contributed by atoms with Gasteiger partial charge in [0.25, 0.3) is 0 Å². The van der Waals surface area contributed by atoms with Crippen LogP contribution in [0.25, 0.3) is 11.1 Å². The fourth-order valence-electron chi connectivity index (χ4n) is 12.4. The van der Waals surface area contributed by atoms with Crippen LogP contribution >= 0.6 is 0 Å². The average molecular weight is 801 g/mol. The zero-order valence-electron chi connectivity index (χ0n) is 36.6. The van der Waals surface area contributed by atoms with Gasteiger partial charge >= 0.3 is 11.9 Å². The number of rotatable bonds is 14. The van der Waals surface area contributed by atoms with Gasteiger partial charge in [0.2, 0.25) is 0 Å². The smallest absolute Gasteiger partial charge is 0.343 e. The van der Waals surface area contributed by atoms with Gasteiger partial charge in [-0.2, -0.15) is 0 Å². The third-order valence-corrected chi connectivity index (χ3v) is 16.3. The molecule has 0 N–H and O–H groups in total. The predicted molar refractivity (Wildman–Crippen MR) is 235 cm³/mol. The standard InChI is InChI=1S/C53H68O6/c1-7-53(32-56-33-53)34-57-42-20-15-37(16-21-42)38-17-22-43(23-18-38)58-49(54)39-11-13-40(14-12-39)50(55)59-44-27-29-51(5)41(31-44)19-24-45-47-26-25-46(36(4)10-8-9-35(2)3)52(47,6)30-28-48(45)51/h11-23,35-36,44-48H,7-10,24-34H2,1-6H3. The molecule has 4 fully saturated rings. The highest BCUT2D eigenvalue weighted by atomic mass is 16.5. The molecule has 3 aromatic carbocycles. The minimum Gasteiger partial charge on any atom is -0.493 e. The number of hydrogen-bond acceptors (Lipinski definition) is 6. The lowest BCUT2D eigenvalue weighted by Crippen LogP contribution is -2.51. The van der Waals surface area contributed by atoms with Gasteiger partial charge in [-0.15, -0.1) is 0 Å². The van der Waals surface area contributed by atoms with Gasteiger partial charge in [0.05, 0.1) is 36.4 Å². The fourth-order valence-corrected chi connectivity index (χ4v) is 12.4. The third-order valence-electron chi connectivity index (χ3n) is 16.3. The first-order chi connectivity index (χ1) is 28.4. The van der Waals surface area contributed by atoms with Crippen molar-refractivity contribution in [3.63, 3.8) is 0 Å². The van der Waals surface area contributed by atoms with Crippen molar-refractivity contribution in [2.45, 2.75) is 125 Å². The highest BCUT2D eigenvalue weighted by Gasteiger charge is 2.59. The number of benzene rings is 3. The number of hydrogen-bond donors (Lipinski definition) is 0. The molecule has 0 amide bonds.